The maximum Gasteiger partial charge on any atom is 0.434 e. The molecule has 0 aromatic carbocycles. The molecule has 4 rings (SSSR count). The minimum Gasteiger partial charge on any atom is -0.373 e. The summed E-state index contributed by atoms with van der Waals surface area (Å²) in [6.45, 7) is -3.39. The lowest BCUT2D eigenvalue weighted by Crippen LogP contribution is -2.38. The maximum atomic E-state index is 13.4. The Bertz CT molecular complexity index is 816. The number of fused-ring (bicyclic) bond motifs is 2. The molecule has 29 heavy (non-hydrogen) atoms. The molecule has 0 radical (unpaired) electrons. The van der Waals surface area contributed by atoms with E-state index in [1.54, 1.807) is 0 Å². The Morgan fingerprint density at radius 3 is 2.34 bits per heavy atom. The van der Waals surface area contributed by atoms with Crippen molar-refractivity contribution in [3.8, 4) is 0 Å². The predicted octanol–water partition coefficient (Wildman–Crippen LogP) is 2.95. The molecule has 3 fully saturated rings. The molecule has 1 aromatic heterocycles. The van der Waals surface area contributed by atoms with Crippen LogP contribution in [0.3, 0.4) is 0 Å². The fraction of sp³-hybridized carbons (Fsp3) is 0.688. The molecule has 0 saturated carbocycles. The van der Waals surface area contributed by atoms with E-state index < -0.39 is 54.2 Å². The maximum absolute atomic E-state index is 13.4. The number of amides is 1. The van der Waals surface area contributed by atoms with Gasteiger partial charge < -0.3 is 15.0 Å². The van der Waals surface area contributed by atoms with Crippen LogP contribution in [0.25, 0.3) is 0 Å². The number of hydrogen-bond acceptors (Lipinski definition) is 5. The number of halogens is 7. The number of alkyl halides is 7. The molecule has 13 heteroatoms. The van der Waals surface area contributed by atoms with Gasteiger partial charge in [-0.2, -0.15) is 30.7 Å². The van der Waals surface area contributed by atoms with Gasteiger partial charge in [-0.3, -0.25) is 4.79 Å². The number of carbonyl (C=O) groups is 1. The number of rotatable bonds is 3. The lowest BCUT2D eigenvalue weighted by atomic mass is 9.96. The van der Waals surface area contributed by atoms with Crippen LogP contribution in [0.1, 0.15) is 35.3 Å². The van der Waals surface area contributed by atoms with Crippen LogP contribution in [0.5, 0.6) is 0 Å². The number of likely N-dealkylation sites (tertiary alicyclic amines) is 1. The van der Waals surface area contributed by atoms with Crippen molar-refractivity contribution in [3.05, 3.63) is 17.5 Å². The van der Waals surface area contributed by atoms with E-state index in [0.29, 0.717) is 12.6 Å². The van der Waals surface area contributed by atoms with Crippen LogP contribution in [-0.4, -0.2) is 64.0 Å². The number of anilines is 1. The summed E-state index contributed by atoms with van der Waals surface area (Å²) in [5.41, 5.74) is -2.84. The first-order chi connectivity index (χ1) is 13.4. The van der Waals surface area contributed by atoms with Crippen LogP contribution >= 0.6 is 0 Å². The smallest absolute Gasteiger partial charge is 0.373 e. The molecule has 0 spiro atoms. The Morgan fingerprint density at radius 2 is 1.83 bits per heavy atom. The number of nitrogens with zero attached hydrogens (tertiary/aromatic N) is 3. The van der Waals surface area contributed by atoms with Gasteiger partial charge in [-0.15, -0.1) is 0 Å². The van der Waals surface area contributed by atoms with Crippen LogP contribution < -0.4 is 5.32 Å². The van der Waals surface area contributed by atoms with Gasteiger partial charge in [-0.1, -0.05) is 0 Å². The van der Waals surface area contributed by atoms with E-state index in [-0.39, 0.29) is 23.1 Å². The number of nitrogens with one attached hydrogen (secondary N) is 1. The SMILES string of the molecule is O=C(c1cnc(N[C@@H]2C[C@H]3CC[C@@H]2O3)nc1C(F)(F)F)N1CC(F)(F)C(F)(F)C1. The zero-order valence-electron chi connectivity index (χ0n) is 14.6. The third-order valence-electron chi connectivity index (χ3n) is 5.31. The predicted molar refractivity (Wildman–Crippen MR) is 82.8 cm³/mol. The largest absolute Gasteiger partial charge is 0.434 e. The zero-order valence-corrected chi connectivity index (χ0v) is 14.6. The van der Waals surface area contributed by atoms with Crippen molar-refractivity contribution in [3.63, 3.8) is 0 Å². The Balaban J connectivity index is 1.59. The van der Waals surface area contributed by atoms with Gasteiger partial charge >= 0.3 is 18.0 Å². The van der Waals surface area contributed by atoms with E-state index in [1.807, 2.05) is 0 Å². The van der Waals surface area contributed by atoms with Crippen molar-refractivity contribution in [1.82, 2.24) is 14.9 Å². The quantitative estimate of drug-likeness (QED) is 0.750. The third-order valence-corrected chi connectivity index (χ3v) is 5.31. The second-order valence-corrected chi connectivity index (χ2v) is 7.38. The van der Waals surface area contributed by atoms with Crippen LogP contribution in [0.15, 0.2) is 6.20 Å². The normalized spacial score (nSPS) is 30.0. The molecule has 0 unspecified atom stereocenters. The molecule has 1 amide bonds. The third kappa shape index (κ3) is 3.49. The molecule has 3 aliphatic heterocycles. The van der Waals surface area contributed by atoms with Crippen LogP contribution in [0.2, 0.25) is 0 Å². The fourth-order valence-corrected chi connectivity index (χ4v) is 3.86. The summed E-state index contributed by atoms with van der Waals surface area (Å²) in [5.74, 6) is -11.1. The van der Waals surface area contributed by atoms with E-state index in [9.17, 15) is 35.5 Å². The number of carbonyl (C=O) groups excluding carboxylic acids is 1. The number of ether oxygens (including phenoxy) is 1. The lowest BCUT2D eigenvalue weighted by Gasteiger charge is -2.22. The molecule has 6 nitrogen and oxygen atoms in total. The molecule has 0 aliphatic carbocycles. The average molecular weight is 428 g/mol. The highest BCUT2D eigenvalue weighted by Gasteiger charge is 2.64. The zero-order chi connectivity index (χ0) is 21.2. The Kier molecular flexibility index (Phi) is 4.44. The van der Waals surface area contributed by atoms with Crippen molar-refractivity contribution >= 4 is 11.9 Å². The van der Waals surface area contributed by atoms with Crippen molar-refractivity contribution in [2.45, 2.75) is 55.5 Å². The second kappa shape index (κ2) is 6.41. The molecule has 3 atom stereocenters. The summed E-state index contributed by atoms with van der Waals surface area (Å²) in [4.78, 5) is 19.3. The summed E-state index contributed by atoms with van der Waals surface area (Å²) in [6.07, 6.45) is -2.62. The highest BCUT2D eigenvalue weighted by atomic mass is 19.4. The standard InChI is InChI=1S/C16H15F7N4O2/c17-14(18)5-27(6-15(14,19)20)12(28)8-4-24-13(26-11(8)16(21,22)23)25-9-3-7-1-2-10(9)29-7/h4,7,9-10H,1-3,5-6H2,(H,24,25,26)/t7-,9-,10+/m1/s1. The Hall–Kier alpha value is -2.18. The van der Waals surface area contributed by atoms with Gasteiger partial charge in [-0.05, 0) is 19.3 Å². The van der Waals surface area contributed by atoms with Gasteiger partial charge in [0.15, 0.2) is 5.69 Å². The molecule has 1 aromatic rings. The van der Waals surface area contributed by atoms with Crippen molar-refractivity contribution in [2.24, 2.45) is 0 Å². The van der Waals surface area contributed by atoms with E-state index in [0.717, 1.165) is 12.8 Å². The van der Waals surface area contributed by atoms with Crippen molar-refractivity contribution in [1.29, 1.82) is 0 Å². The first-order valence-corrected chi connectivity index (χ1v) is 8.78. The highest BCUT2D eigenvalue weighted by Crippen LogP contribution is 2.42. The molecule has 4 heterocycles. The Morgan fingerprint density at radius 1 is 1.17 bits per heavy atom. The first-order valence-electron chi connectivity index (χ1n) is 8.78. The minimum absolute atomic E-state index is 0.0129. The van der Waals surface area contributed by atoms with Crippen molar-refractivity contribution < 1.29 is 40.3 Å². The molecule has 3 aliphatic rings. The van der Waals surface area contributed by atoms with E-state index in [4.69, 9.17) is 4.74 Å². The monoisotopic (exact) mass is 428 g/mol. The topological polar surface area (TPSA) is 67.3 Å². The van der Waals surface area contributed by atoms with Gasteiger partial charge in [-0.25, -0.2) is 9.97 Å². The summed E-state index contributed by atoms with van der Waals surface area (Å²) in [6, 6.07) is -0.299. The fourth-order valence-electron chi connectivity index (χ4n) is 3.86. The molecule has 2 bridgehead atoms. The van der Waals surface area contributed by atoms with Gasteiger partial charge in [0.1, 0.15) is 0 Å². The van der Waals surface area contributed by atoms with Gasteiger partial charge in [0.2, 0.25) is 5.95 Å². The van der Waals surface area contributed by atoms with Gasteiger partial charge in [0, 0.05) is 6.20 Å². The molecular formula is C16H15F7N4O2. The lowest BCUT2D eigenvalue weighted by molar-refractivity contribution is -0.172. The minimum atomic E-state index is -5.12. The highest BCUT2D eigenvalue weighted by molar-refractivity contribution is 5.95. The second-order valence-electron chi connectivity index (χ2n) is 7.38. The molecular weight excluding hydrogens is 413 g/mol. The summed E-state index contributed by atoms with van der Waals surface area (Å²) in [7, 11) is 0. The van der Waals surface area contributed by atoms with E-state index >= 15 is 0 Å². The van der Waals surface area contributed by atoms with Gasteiger partial charge in [0.05, 0.1) is 36.9 Å². The van der Waals surface area contributed by atoms with Crippen LogP contribution in [0.4, 0.5) is 36.7 Å². The van der Waals surface area contributed by atoms with Gasteiger partial charge in [0.25, 0.3) is 5.91 Å². The van der Waals surface area contributed by atoms with E-state index in [2.05, 4.69) is 15.3 Å². The average Bonchev–Trinajstić information content (AvgIpc) is 3.27. The van der Waals surface area contributed by atoms with E-state index in [1.165, 1.54) is 0 Å². The van der Waals surface area contributed by atoms with Crippen LogP contribution in [0, 0.1) is 0 Å². The number of aromatic nitrogens is 2. The van der Waals surface area contributed by atoms with Crippen molar-refractivity contribution in [2.75, 3.05) is 18.4 Å². The summed E-state index contributed by atoms with van der Waals surface area (Å²) < 4.78 is 99.2. The number of hydrogen-bond donors (Lipinski definition) is 1. The van der Waals surface area contributed by atoms with Crippen LogP contribution in [-0.2, 0) is 10.9 Å². The molecule has 160 valence electrons. The molecule has 1 N–H and O–H groups in total. The Labute approximate surface area is 159 Å². The summed E-state index contributed by atoms with van der Waals surface area (Å²) in [5, 5.41) is 2.73. The first kappa shape index (κ1) is 20.1. The summed E-state index contributed by atoms with van der Waals surface area (Å²) >= 11 is 0. The molecule has 3 saturated heterocycles.